The molecule has 0 radical (unpaired) electrons. The molecule has 1 aliphatic rings. The summed E-state index contributed by atoms with van der Waals surface area (Å²) in [5.74, 6) is 0.119. The van der Waals surface area contributed by atoms with Gasteiger partial charge in [-0.15, -0.1) is 0 Å². The van der Waals surface area contributed by atoms with Gasteiger partial charge in [0, 0.05) is 50.8 Å². The molecule has 1 amide bonds. The Bertz CT molecular complexity index is 645. The monoisotopic (exact) mass is 269 g/mol. The molecule has 0 spiro atoms. The molecule has 0 atom stereocenters. The van der Waals surface area contributed by atoms with Gasteiger partial charge in [0.25, 0.3) is 0 Å². The first-order valence-electron chi connectivity index (χ1n) is 6.89. The minimum Gasteiger partial charge on any atom is -0.381 e. The third kappa shape index (κ3) is 2.41. The standard InChI is InChI=1S/C16H19N3O/c1-12(20)19-8-6-14-9-15(3-4-16(14)19)17-10-13-5-7-18(2)11-13/h3-5,7,9,11,17H,6,8,10H2,1-2H3. The van der Waals surface area contributed by atoms with Crippen molar-refractivity contribution in [1.82, 2.24) is 4.57 Å². The fourth-order valence-electron chi connectivity index (χ4n) is 2.71. The Morgan fingerprint density at radius 2 is 2.20 bits per heavy atom. The molecule has 2 aromatic rings. The average molecular weight is 269 g/mol. The number of hydrogen-bond acceptors (Lipinski definition) is 2. The van der Waals surface area contributed by atoms with Gasteiger partial charge in [-0.25, -0.2) is 0 Å². The topological polar surface area (TPSA) is 37.3 Å². The molecule has 0 saturated carbocycles. The number of aromatic nitrogens is 1. The SMILES string of the molecule is CC(=O)N1CCc2cc(NCc3ccn(C)c3)ccc21. The van der Waals surface area contributed by atoms with Gasteiger partial charge in [-0.3, -0.25) is 4.79 Å². The van der Waals surface area contributed by atoms with Crippen molar-refractivity contribution in [3.05, 3.63) is 47.8 Å². The average Bonchev–Trinajstić information content (AvgIpc) is 3.01. The lowest BCUT2D eigenvalue weighted by Crippen LogP contribution is -2.25. The second kappa shape index (κ2) is 5.04. The summed E-state index contributed by atoms with van der Waals surface area (Å²) in [4.78, 5) is 13.4. The Kier molecular flexibility index (Phi) is 3.22. The quantitative estimate of drug-likeness (QED) is 0.929. The smallest absolute Gasteiger partial charge is 0.223 e. The highest BCUT2D eigenvalue weighted by Crippen LogP contribution is 2.30. The first-order valence-corrected chi connectivity index (χ1v) is 6.89. The van der Waals surface area contributed by atoms with Crippen LogP contribution in [0.2, 0.25) is 0 Å². The number of nitrogens with zero attached hydrogens (tertiary/aromatic N) is 2. The molecule has 4 nitrogen and oxygen atoms in total. The maximum absolute atomic E-state index is 11.5. The third-order valence-corrected chi connectivity index (χ3v) is 3.74. The number of amides is 1. The van der Waals surface area contributed by atoms with E-state index in [0.717, 1.165) is 30.9 Å². The van der Waals surface area contributed by atoms with Crippen molar-refractivity contribution >= 4 is 17.3 Å². The van der Waals surface area contributed by atoms with Crippen molar-refractivity contribution in [3.63, 3.8) is 0 Å². The van der Waals surface area contributed by atoms with Crippen molar-refractivity contribution in [2.75, 3.05) is 16.8 Å². The van der Waals surface area contributed by atoms with Crippen LogP contribution in [0.5, 0.6) is 0 Å². The Morgan fingerprint density at radius 1 is 1.35 bits per heavy atom. The van der Waals surface area contributed by atoms with Crippen LogP contribution in [0.25, 0.3) is 0 Å². The van der Waals surface area contributed by atoms with Gasteiger partial charge in [-0.1, -0.05) is 0 Å². The van der Waals surface area contributed by atoms with Crippen molar-refractivity contribution < 1.29 is 4.79 Å². The molecule has 20 heavy (non-hydrogen) atoms. The van der Waals surface area contributed by atoms with Crippen LogP contribution in [0, 0.1) is 0 Å². The molecule has 2 heterocycles. The van der Waals surface area contributed by atoms with E-state index in [9.17, 15) is 4.79 Å². The minimum absolute atomic E-state index is 0.119. The van der Waals surface area contributed by atoms with Crippen LogP contribution in [0.1, 0.15) is 18.1 Å². The van der Waals surface area contributed by atoms with E-state index in [4.69, 9.17) is 0 Å². The van der Waals surface area contributed by atoms with Crippen molar-refractivity contribution in [2.45, 2.75) is 19.9 Å². The maximum Gasteiger partial charge on any atom is 0.223 e. The zero-order valence-electron chi connectivity index (χ0n) is 11.9. The van der Waals surface area contributed by atoms with Crippen LogP contribution < -0.4 is 10.2 Å². The lowest BCUT2D eigenvalue weighted by Gasteiger charge is -2.15. The second-order valence-electron chi connectivity index (χ2n) is 5.30. The number of carbonyl (C=O) groups is 1. The molecule has 1 N–H and O–H groups in total. The summed E-state index contributed by atoms with van der Waals surface area (Å²) in [6.07, 6.45) is 5.10. The van der Waals surface area contributed by atoms with Crippen LogP contribution in [0.4, 0.5) is 11.4 Å². The molecule has 0 bridgehead atoms. The number of hydrogen-bond donors (Lipinski definition) is 1. The number of benzene rings is 1. The zero-order chi connectivity index (χ0) is 14.1. The highest BCUT2D eigenvalue weighted by atomic mass is 16.2. The summed E-state index contributed by atoms with van der Waals surface area (Å²) in [6.45, 7) is 3.24. The predicted octanol–water partition coefficient (Wildman–Crippen LogP) is 2.55. The van der Waals surface area contributed by atoms with Gasteiger partial charge in [0.15, 0.2) is 0 Å². The number of fused-ring (bicyclic) bond motifs is 1. The molecule has 3 rings (SSSR count). The van der Waals surface area contributed by atoms with E-state index in [-0.39, 0.29) is 5.91 Å². The molecular formula is C16H19N3O. The van der Waals surface area contributed by atoms with Crippen molar-refractivity contribution in [3.8, 4) is 0 Å². The predicted molar refractivity (Wildman–Crippen MR) is 80.9 cm³/mol. The summed E-state index contributed by atoms with van der Waals surface area (Å²) in [5.41, 5.74) is 4.68. The fraction of sp³-hybridized carbons (Fsp3) is 0.312. The van der Waals surface area contributed by atoms with E-state index in [1.54, 1.807) is 6.92 Å². The summed E-state index contributed by atoms with van der Waals surface area (Å²) in [7, 11) is 2.02. The van der Waals surface area contributed by atoms with Crippen LogP contribution in [0.15, 0.2) is 36.7 Å². The lowest BCUT2D eigenvalue weighted by atomic mass is 10.1. The molecule has 1 aliphatic heterocycles. The first kappa shape index (κ1) is 12.8. The third-order valence-electron chi connectivity index (χ3n) is 3.74. The van der Waals surface area contributed by atoms with E-state index in [0.29, 0.717) is 0 Å². The van der Waals surface area contributed by atoms with Gasteiger partial charge in [-0.05, 0) is 41.8 Å². The van der Waals surface area contributed by atoms with Gasteiger partial charge in [-0.2, -0.15) is 0 Å². The van der Waals surface area contributed by atoms with Crippen LogP contribution in [-0.4, -0.2) is 17.0 Å². The summed E-state index contributed by atoms with van der Waals surface area (Å²) >= 11 is 0. The zero-order valence-corrected chi connectivity index (χ0v) is 11.9. The van der Waals surface area contributed by atoms with E-state index >= 15 is 0 Å². The summed E-state index contributed by atoms with van der Waals surface area (Å²) < 4.78 is 2.05. The first-order chi connectivity index (χ1) is 9.63. The largest absolute Gasteiger partial charge is 0.381 e. The van der Waals surface area contributed by atoms with Crippen LogP contribution >= 0.6 is 0 Å². The van der Waals surface area contributed by atoms with Crippen LogP contribution in [-0.2, 0) is 24.8 Å². The van der Waals surface area contributed by atoms with Crippen molar-refractivity contribution in [1.29, 1.82) is 0 Å². The summed E-state index contributed by atoms with van der Waals surface area (Å²) in [6, 6.07) is 8.35. The van der Waals surface area contributed by atoms with Crippen LogP contribution in [0.3, 0.4) is 0 Å². The Morgan fingerprint density at radius 3 is 2.90 bits per heavy atom. The van der Waals surface area contributed by atoms with Gasteiger partial charge in [0.2, 0.25) is 5.91 Å². The highest BCUT2D eigenvalue weighted by molar-refractivity contribution is 5.94. The Hall–Kier alpha value is -2.23. The Labute approximate surface area is 119 Å². The Balaban J connectivity index is 1.72. The van der Waals surface area contributed by atoms with E-state index in [1.807, 2.05) is 34.8 Å². The van der Waals surface area contributed by atoms with E-state index in [2.05, 4.69) is 23.6 Å². The molecule has 0 unspecified atom stereocenters. The molecule has 0 fully saturated rings. The highest BCUT2D eigenvalue weighted by Gasteiger charge is 2.21. The molecule has 0 aliphatic carbocycles. The van der Waals surface area contributed by atoms with Gasteiger partial charge < -0.3 is 14.8 Å². The molecule has 104 valence electrons. The van der Waals surface area contributed by atoms with Gasteiger partial charge in [0.05, 0.1) is 0 Å². The summed E-state index contributed by atoms with van der Waals surface area (Å²) in [5, 5.41) is 3.43. The normalized spacial score (nSPS) is 13.4. The molecule has 4 heteroatoms. The van der Waals surface area contributed by atoms with Gasteiger partial charge >= 0.3 is 0 Å². The minimum atomic E-state index is 0.119. The van der Waals surface area contributed by atoms with E-state index in [1.165, 1.54) is 11.1 Å². The number of rotatable bonds is 3. The molecule has 0 saturated heterocycles. The fourth-order valence-corrected chi connectivity index (χ4v) is 2.71. The van der Waals surface area contributed by atoms with Crippen molar-refractivity contribution in [2.24, 2.45) is 7.05 Å². The number of aryl methyl sites for hydroxylation is 1. The molecule has 1 aromatic carbocycles. The molecular weight excluding hydrogens is 250 g/mol. The lowest BCUT2D eigenvalue weighted by molar-refractivity contribution is -0.116. The number of carbonyl (C=O) groups excluding carboxylic acids is 1. The number of nitrogens with one attached hydrogen (secondary N) is 1. The number of anilines is 2. The van der Waals surface area contributed by atoms with E-state index < -0.39 is 0 Å². The van der Waals surface area contributed by atoms with Gasteiger partial charge in [0.1, 0.15) is 0 Å². The maximum atomic E-state index is 11.5. The second-order valence-corrected chi connectivity index (χ2v) is 5.30. The molecule has 1 aromatic heterocycles.